The average Bonchev–Trinajstić information content (AvgIpc) is 2.46. The van der Waals surface area contributed by atoms with Crippen LogP contribution in [0.5, 0.6) is 0 Å². The number of thioether (sulfide) groups is 1. The molecule has 0 amide bonds. The minimum Gasteiger partial charge on any atom is -0.316 e. The fraction of sp³-hybridized carbons (Fsp3) is 1.00. The molecule has 0 saturated carbocycles. The van der Waals surface area contributed by atoms with Gasteiger partial charge in [0.05, 0.1) is 0 Å². The molecule has 0 aromatic heterocycles. The van der Waals surface area contributed by atoms with Crippen LogP contribution in [0.3, 0.4) is 0 Å². The lowest BCUT2D eigenvalue weighted by atomic mass is 9.96. The molecular weight excluding hydrogens is 280 g/mol. The van der Waals surface area contributed by atoms with Crippen LogP contribution in [0.15, 0.2) is 0 Å². The zero-order valence-electron chi connectivity index (χ0n) is 11.8. The van der Waals surface area contributed by atoms with Crippen molar-refractivity contribution in [2.75, 3.05) is 43.4 Å². The van der Waals surface area contributed by atoms with E-state index >= 15 is 0 Å². The third kappa shape index (κ3) is 4.34. The highest BCUT2D eigenvalue weighted by atomic mass is 32.2. The first-order valence-electron chi connectivity index (χ1n) is 7.37. The van der Waals surface area contributed by atoms with E-state index in [1.807, 2.05) is 0 Å². The highest BCUT2D eigenvalue weighted by Gasteiger charge is 2.32. The maximum absolute atomic E-state index is 12.1. The summed E-state index contributed by atoms with van der Waals surface area (Å²) in [6.45, 7) is 5.88. The normalized spacial score (nSPS) is 30.4. The third-order valence-corrected chi connectivity index (χ3v) is 7.56. The Balaban J connectivity index is 1.88. The van der Waals surface area contributed by atoms with Crippen molar-refractivity contribution in [3.8, 4) is 0 Å². The predicted octanol–water partition coefficient (Wildman–Crippen LogP) is 1.19. The first-order valence-corrected chi connectivity index (χ1v) is 10.2. The standard InChI is InChI=1S/C13H26N2O2S2/c1-2-19(16,17)13-11-18-9-8-15(13)7-5-12-4-3-6-14-10-12/h12-14H,2-11H2,1H3. The van der Waals surface area contributed by atoms with Crippen LogP contribution in [-0.4, -0.2) is 62.1 Å². The van der Waals surface area contributed by atoms with Gasteiger partial charge in [0.1, 0.15) is 5.37 Å². The van der Waals surface area contributed by atoms with Crippen molar-refractivity contribution in [3.05, 3.63) is 0 Å². The van der Waals surface area contributed by atoms with Crippen LogP contribution in [0, 0.1) is 5.92 Å². The van der Waals surface area contributed by atoms with Gasteiger partial charge in [0.15, 0.2) is 9.84 Å². The molecule has 2 aliphatic rings. The molecule has 2 rings (SSSR count). The molecule has 2 saturated heterocycles. The first kappa shape index (κ1) is 15.6. The van der Waals surface area contributed by atoms with E-state index in [-0.39, 0.29) is 11.1 Å². The Hall–Kier alpha value is 0.220. The van der Waals surface area contributed by atoms with Crippen molar-refractivity contribution < 1.29 is 8.42 Å². The van der Waals surface area contributed by atoms with E-state index in [1.165, 1.54) is 12.8 Å². The van der Waals surface area contributed by atoms with Crippen molar-refractivity contribution in [3.63, 3.8) is 0 Å². The van der Waals surface area contributed by atoms with Crippen molar-refractivity contribution in [2.45, 2.75) is 31.6 Å². The molecule has 2 unspecified atom stereocenters. The van der Waals surface area contributed by atoms with Crippen molar-refractivity contribution in [1.29, 1.82) is 0 Å². The molecule has 6 heteroatoms. The topological polar surface area (TPSA) is 49.4 Å². The average molecular weight is 306 g/mol. The van der Waals surface area contributed by atoms with E-state index in [2.05, 4.69) is 10.2 Å². The van der Waals surface area contributed by atoms with Crippen molar-refractivity contribution >= 4 is 21.6 Å². The molecule has 0 spiro atoms. The van der Waals surface area contributed by atoms with Crippen LogP contribution in [-0.2, 0) is 9.84 Å². The van der Waals surface area contributed by atoms with Crippen LogP contribution < -0.4 is 5.32 Å². The monoisotopic (exact) mass is 306 g/mol. The van der Waals surface area contributed by atoms with Crippen molar-refractivity contribution in [2.24, 2.45) is 5.92 Å². The van der Waals surface area contributed by atoms with Gasteiger partial charge in [-0.15, -0.1) is 0 Å². The molecule has 2 heterocycles. The smallest absolute Gasteiger partial charge is 0.166 e. The van der Waals surface area contributed by atoms with E-state index < -0.39 is 9.84 Å². The van der Waals surface area contributed by atoms with Gasteiger partial charge in [-0.1, -0.05) is 6.92 Å². The minimum atomic E-state index is -2.93. The summed E-state index contributed by atoms with van der Waals surface area (Å²) in [4.78, 5) is 2.21. The Morgan fingerprint density at radius 1 is 1.42 bits per heavy atom. The van der Waals surface area contributed by atoms with E-state index in [9.17, 15) is 8.42 Å². The van der Waals surface area contributed by atoms with Crippen LogP contribution in [0.1, 0.15) is 26.2 Å². The van der Waals surface area contributed by atoms with Gasteiger partial charge in [-0.25, -0.2) is 8.42 Å². The van der Waals surface area contributed by atoms with Crippen molar-refractivity contribution in [1.82, 2.24) is 10.2 Å². The lowest BCUT2D eigenvalue weighted by molar-refractivity contribution is 0.233. The Kier molecular flexibility index (Phi) is 5.99. The summed E-state index contributed by atoms with van der Waals surface area (Å²) >= 11 is 1.78. The molecule has 2 atom stereocenters. The van der Waals surface area contributed by atoms with Gasteiger partial charge in [-0.3, -0.25) is 4.90 Å². The second-order valence-electron chi connectivity index (χ2n) is 5.52. The summed E-state index contributed by atoms with van der Waals surface area (Å²) in [5, 5.41) is 3.19. The molecule has 2 aliphatic heterocycles. The number of nitrogens with one attached hydrogen (secondary N) is 1. The van der Waals surface area contributed by atoms with Gasteiger partial charge in [0.2, 0.25) is 0 Å². The third-order valence-electron chi connectivity index (χ3n) is 4.23. The van der Waals surface area contributed by atoms with Crippen LogP contribution in [0.25, 0.3) is 0 Å². The lowest BCUT2D eigenvalue weighted by Crippen LogP contribution is -2.48. The molecule has 112 valence electrons. The highest BCUT2D eigenvalue weighted by Crippen LogP contribution is 2.23. The molecule has 0 aliphatic carbocycles. The maximum atomic E-state index is 12.1. The molecule has 4 nitrogen and oxygen atoms in total. The Morgan fingerprint density at radius 2 is 2.26 bits per heavy atom. The number of hydrogen-bond acceptors (Lipinski definition) is 5. The van der Waals surface area contributed by atoms with Gasteiger partial charge >= 0.3 is 0 Å². The SMILES string of the molecule is CCS(=O)(=O)C1CSCCN1CCC1CCCNC1. The van der Waals surface area contributed by atoms with Crippen LogP contribution in [0.4, 0.5) is 0 Å². The minimum absolute atomic E-state index is 0.243. The first-order chi connectivity index (χ1) is 9.13. The number of rotatable bonds is 5. The molecule has 0 aromatic carbocycles. The Morgan fingerprint density at radius 3 is 2.95 bits per heavy atom. The quantitative estimate of drug-likeness (QED) is 0.827. The molecule has 0 radical (unpaired) electrons. The summed E-state index contributed by atoms with van der Waals surface area (Å²) in [6, 6.07) is 0. The van der Waals surface area contributed by atoms with Gasteiger partial charge in [0.25, 0.3) is 0 Å². The molecule has 2 fully saturated rings. The number of piperidine rings is 1. The van der Waals surface area contributed by atoms with Gasteiger partial charge < -0.3 is 5.32 Å². The summed E-state index contributed by atoms with van der Waals surface area (Å²) < 4.78 is 24.3. The lowest BCUT2D eigenvalue weighted by Gasteiger charge is -2.36. The summed E-state index contributed by atoms with van der Waals surface area (Å²) in [5.41, 5.74) is 0. The second kappa shape index (κ2) is 7.29. The van der Waals surface area contributed by atoms with E-state index in [4.69, 9.17) is 0 Å². The predicted molar refractivity (Wildman–Crippen MR) is 82.4 cm³/mol. The summed E-state index contributed by atoms with van der Waals surface area (Å²) in [5.74, 6) is 2.81. The summed E-state index contributed by atoms with van der Waals surface area (Å²) in [6.07, 6.45) is 3.69. The molecule has 0 bridgehead atoms. The van der Waals surface area contributed by atoms with Crippen LogP contribution in [0.2, 0.25) is 0 Å². The molecule has 19 heavy (non-hydrogen) atoms. The Bertz CT molecular complexity index is 367. The zero-order chi connectivity index (χ0) is 13.7. The van der Waals surface area contributed by atoms with Crippen LogP contribution >= 0.6 is 11.8 Å². The van der Waals surface area contributed by atoms with Gasteiger partial charge in [-0.2, -0.15) is 11.8 Å². The largest absolute Gasteiger partial charge is 0.316 e. The number of nitrogens with zero attached hydrogens (tertiary/aromatic N) is 1. The van der Waals surface area contributed by atoms with E-state index in [0.717, 1.165) is 50.0 Å². The molecule has 1 N–H and O–H groups in total. The fourth-order valence-corrected chi connectivity index (χ4v) is 6.02. The molecule has 0 aromatic rings. The number of hydrogen-bond donors (Lipinski definition) is 1. The summed E-state index contributed by atoms with van der Waals surface area (Å²) in [7, 11) is -2.93. The maximum Gasteiger partial charge on any atom is 0.166 e. The fourth-order valence-electron chi connectivity index (χ4n) is 2.91. The zero-order valence-corrected chi connectivity index (χ0v) is 13.4. The second-order valence-corrected chi connectivity index (χ2v) is 9.12. The van der Waals surface area contributed by atoms with E-state index in [1.54, 1.807) is 18.7 Å². The van der Waals surface area contributed by atoms with E-state index in [0.29, 0.717) is 0 Å². The van der Waals surface area contributed by atoms with Gasteiger partial charge in [0, 0.05) is 23.8 Å². The highest BCUT2D eigenvalue weighted by molar-refractivity contribution is 8.01. The molecular formula is C13H26N2O2S2. The Labute approximate surface area is 121 Å². The van der Waals surface area contributed by atoms with Gasteiger partial charge in [-0.05, 0) is 44.8 Å². The number of sulfone groups is 1.